The zero-order chi connectivity index (χ0) is 14.5. The number of halogens is 1. The van der Waals surface area contributed by atoms with Gasteiger partial charge in [-0.05, 0) is 36.8 Å². The molecule has 0 saturated heterocycles. The van der Waals surface area contributed by atoms with Crippen LogP contribution in [0.4, 0.5) is 0 Å². The number of rotatable bonds is 5. The number of methoxy groups -OCH3 is 1. The van der Waals surface area contributed by atoms with Crippen molar-refractivity contribution in [1.82, 2.24) is 0 Å². The van der Waals surface area contributed by atoms with Crippen molar-refractivity contribution in [3.63, 3.8) is 0 Å². The number of aliphatic hydroxyl groups excluding tert-OH is 1. The summed E-state index contributed by atoms with van der Waals surface area (Å²) in [7, 11) is 1.61. The Morgan fingerprint density at radius 3 is 2.45 bits per heavy atom. The number of hydrogen-bond donors (Lipinski definition) is 1. The topological polar surface area (TPSA) is 38.7 Å². The van der Waals surface area contributed by atoms with Crippen molar-refractivity contribution in [3.05, 3.63) is 58.1 Å². The molecule has 0 radical (unpaired) electrons. The second-order valence-electron chi connectivity index (χ2n) is 4.49. The maximum Gasteiger partial charge on any atom is 0.129 e. The van der Waals surface area contributed by atoms with Crippen LogP contribution in [0.25, 0.3) is 0 Å². The molecule has 0 fully saturated rings. The molecule has 0 aliphatic carbocycles. The van der Waals surface area contributed by atoms with Crippen LogP contribution in [0.5, 0.6) is 11.5 Å². The lowest BCUT2D eigenvalue weighted by Crippen LogP contribution is -2.01. The van der Waals surface area contributed by atoms with Crippen molar-refractivity contribution in [2.24, 2.45) is 0 Å². The molecule has 106 valence electrons. The van der Waals surface area contributed by atoms with Crippen molar-refractivity contribution >= 4 is 15.9 Å². The Morgan fingerprint density at radius 1 is 1.15 bits per heavy atom. The Morgan fingerprint density at radius 2 is 1.85 bits per heavy atom. The largest absolute Gasteiger partial charge is 0.497 e. The maximum atomic E-state index is 9.77. The smallest absolute Gasteiger partial charge is 0.129 e. The molecule has 1 N–H and O–H groups in total. The van der Waals surface area contributed by atoms with E-state index in [1.807, 2.05) is 36.4 Å². The lowest BCUT2D eigenvalue weighted by molar-refractivity contribution is 0.190. The Bertz CT molecular complexity index is 564. The summed E-state index contributed by atoms with van der Waals surface area (Å²) in [6.07, 6.45) is -0.583. The normalized spacial score (nSPS) is 12.0. The summed E-state index contributed by atoms with van der Waals surface area (Å²) in [5, 5.41) is 9.77. The predicted octanol–water partition coefficient (Wildman–Crippen LogP) is 4.09. The van der Waals surface area contributed by atoms with Gasteiger partial charge in [0, 0.05) is 16.1 Å². The van der Waals surface area contributed by atoms with Crippen LogP contribution in [-0.2, 0) is 6.61 Å². The number of benzene rings is 2. The fourth-order valence-corrected chi connectivity index (χ4v) is 2.12. The minimum atomic E-state index is -0.583. The lowest BCUT2D eigenvalue weighted by Gasteiger charge is -2.15. The molecule has 0 saturated carbocycles. The van der Waals surface area contributed by atoms with Crippen molar-refractivity contribution in [2.45, 2.75) is 19.6 Å². The fraction of sp³-hybridized carbons (Fsp3) is 0.250. The van der Waals surface area contributed by atoms with Gasteiger partial charge in [0.05, 0.1) is 13.2 Å². The highest BCUT2D eigenvalue weighted by atomic mass is 79.9. The number of hydrogen-bond acceptors (Lipinski definition) is 3. The fourth-order valence-electron chi connectivity index (χ4n) is 1.85. The SMILES string of the molecule is COc1ccc([C@H](C)O)c(OCc2ccc(Br)cc2)c1. The summed E-state index contributed by atoms with van der Waals surface area (Å²) in [6, 6.07) is 13.4. The first-order chi connectivity index (χ1) is 9.60. The zero-order valence-corrected chi connectivity index (χ0v) is 13.1. The molecule has 0 heterocycles. The maximum absolute atomic E-state index is 9.77. The van der Waals surface area contributed by atoms with Gasteiger partial charge in [0.2, 0.25) is 0 Å². The van der Waals surface area contributed by atoms with E-state index in [4.69, 9.17) is 9.47 Å². The lowest BCUT2D eigenvalue weighted by atomic mass is 10.1. The predicted molar refractivity (Wildman–Crippen MR) is 82.1 cm³/mol. The van der Waals surface area contributed by atoms with E-state index in [1.165, 1.54) is 0 Å². The van der Waals surface area contributed by atoms with Crippen LogP contribution < -0.4 is 9.47 Å². The Hall–Kier alpha value is -1.52. The van der Waals surface area contributed by atoms with Crippen LogP contribution in [-0.4, -0.2) is 12.2 Å². The molecule has 0 spiro atoms. The number of aliphatic hydroxyl groups is 1. The van der Waals surface area contributed by atoms with E-state index in [1.54, 1.807) is 20.1 Å². The monoisotopic (exact) mass is 336 g/mol. The van der Waals surface area contributed by atoms with E-state index < -0.39 is 6.10 Å². The van der Waals surface area contributed by atoms with E-state index >= 15 is 0 Å². The highest BCUT2D eigenvalue weighted by molar-refractivity contribution is 9.10. The highest BCUT2D eigenvalue weighted by Gasteiger charge is 2.10. The van der Waals surface area contributed by atoms with Crippen LogP contribution >= 0.6 is 15.9 Å². The second-order valence-corrected chi connectivity index (χ2v) is 5.41. The Kier molecular flexibility index (Phi) is 5.04. The van der Waals surface area contributed by atoms with Crippen LogP contribution in [0.3, 0.4) is 0 Å². The van der Waals surface area contributed by atoms with Gasteiger partial charge in [-0.15, -0.1) is 0 Å². The van der Waals surface area contributed by atoms with E-state index in [-0.39, 0.29) is 0 Å². The summed E-state index contributed by atoms with van der Waals surface area (Å²) in [5.74, 6) is 1.35. The van der Waals surface area contributed by atoms with Crippen LogP contribution in [0.1, 0.15) is 24.2 Å². The molecular weight excluding hydrogens is 320 g/mol. The van der Waals surface area contributed by atoms with Gasteiger partial charge >= 0.3 is 0 Å². The molecule has 0 bridgehead atoms. The van der Waals surface area contributed by atoms with Gasteiger partial charge < -0.3 is 14.6 Å². The van der Waals surface area contributed by atoms with E-state index in [9.17, 15) is 5.11 Å². The van der Waals surface area contributed by atoms with E-state index in [2.05, 4.69) is 15.9 Å². The van der Waals surface area contributed by atoms with Crippen LogP contribution in [0.15, 0.2) is 46.9 Å². The third kappa shape index (κ3) is 3.74. The molecule has 1 atom stereocenters. The van der Waals surface area contributed by atoms with Gasteiger partial charge in [0.1, 0.15) is 18.1 Å². The minimum Gasteiger partial charge on any atom is -0.497 e. The highest BCUT2D eigenvalue weighted by Crippen LogP contribution is 2.30. The molecule has 2 aromatic carbocycles. The van der Waals surface area contributed by atoms with Crippen molar-refractivity contribution in [3.8, 4) is 11.5 Å². The number of ether oxygens (including phenoxy) is 2. The summed E-state index contributed by atoms with van der Waals surface area (Å²) in [6.45, 7) is 2.16. The first kappa shape index (κ1) is 14.9. The summed E-state index contributed by atoms with van der Waals surface area (Å²) in [5.41, 5.74) is 1.82. The van der Waals surface area contributed by atoms with Gasteiger partial charge in [-0.25, -0.2) is 0 Å². The molecule has 3 nitrogen and oxygen atoms in total. The average molecular weight is 337 g/mol. The van der Waals surface area contributed by atoms with E-state index in [0.29, 0.717) is 18.1 Å². The summed E-state index contributed by atoms with van der Waals surface area (Å²) in [4.78, 5) is 0. The summed E-state index contributed by atoms with van der Waals surface area (Å²) >= 11 is 3.40. The molecule has 2 aromatic rings. The molecule has 20 heavy (non-hydrogen) atoms. The molecule has 0 unspecified atom stereocenters. The van der Waals surface area contributed by atoms with Crippen molar-refractivity contribution in [1.29, 1.82) is 0 Å². The van der Waals surface area contributed by atoms with E-state index in [0.717, 1.165) is 15.6 Å². The molecular formula is C16H17BrO3. The first-order valence-corrected chi connectivity index (χ1v) is 7.12. The first-order valence-electron chi connectivity index (χ1n) is 6.33. The molecule has 0 aliphatic rings. The Labute approximate surface area is 127 Å². The minimum absolute atomic E-state index is 0.445. The van der Waals surface area contributed by atoms with Crippen LogP contribution in [0.2, 0.25) is 0 Å². The average Bonchev–Trinajstić information content (AvgIpc) is 2.46. The molecule has 0 aliphatic heterocycles. The third-order valence-electron chi connectivity index (χ3n) is 2.98. The second kappa shape index (κ2) is 6.77. The molecule has 2 rings (SSSR count). The van der Waals surface area contributed by atoms with Gasteiger partial charge in [0.25, 0.3) is 0 Å². The van der Waals surface area contributed by atoms with Gasteiger partial charge in [-0.3, -0.25) is 0 Å². The van der Waals surface area contributed by atoms with Crippen molar-refractivity contribution < 1.29 is 14.6 Å². The standard InChI is InChI=1S/C16H17BrO3/c1-11(18)15-8-7-14(19-2)9-16(15)20-10-12-3-5-13(17)6-4-12/h3-9,11,18H,10H2,1-2H3/t11-/m0/s1. The van der Waals surface area contributed by atoms with Crippen molar-refractivity contribution in [2.75, 3.05) is 7.11 Å². The van der Waals surface area contributed by atoms with Gasteiger partial charge in [-0.1, -0.05) is 28.1 Å². The molecule has 0 amide bonds. The Balaban J connectivity index is 2.16. The van der Waals surface area contributed by atoms with Gasteiger partial charge in [-0.2, -0.15) is 0 Å². The van der Waals surface area contributed by atoms with Crippen LogP contribution in [0, 0.1) is 0 Å². The zero-order valence-electron chi connectivity index (χ0n) is 11.5. The molecule has 4 heteroatoms. The summed E-state index contributed by atoms with van der Waals surface area (Å²) < 4.78 is 12.0. The quantitative estimate of drug-likeness (QED) is 0.893. The third-order valence-corrected chi connectivity index (χ3v) is 3.51. The molecule has 0 aromatic heterocycles. The van der Waals surface area contributed by atoms with Gasteiger partial charge in [0.15, 0.2) is 0 Å².